The minimum absolute atomic E-state index is 0.0874. The quantitative estimate of drug-likeness (QED) is 0.659. The summed E-state index contributed by atoms with van der Waals surface area (Å²) in [6, 6.07) is 8.98. The molecule has 0 bridgehead atoms. The van der Waals surface area contributed by atoms with Crippen molar-refractivity contribution in [2.45, 2.75) is 24.9 Å². The van der Waals surface area contributed by atoms with E-state index in [2.05, 4.69) is 5.32 Å². The van der Waals surface area contributed by atoms with Gasteiger partial charge in [-0.25, -0.2) is 0 Å². The standard InChI is InChI=1S/C14H22N2O2S/c1-19-8-7-13(15)14(18)16-12(10-17)9-11-5-3-2-4-6-11/h2-6,12-13,17H,7-10,15H2,1H3,(H,16,18)/t12?,13-/m1/s1. The van der Waals surface area contributed by atoms with E-state index in [4.69, 9.17) is 5.73 Å². The van der Waals surface area contributed by atoms with Crippen LogP contribution in [0.15, 0.2) is 30.3 Å². The molecule has 1 amide bonds. The van der Waals surface area contributed by atoms with Crippen LogP contribution in [0.2, 0.25) is 0 Å². The molecule has 0 aromatic heterocycles. The molecule has 0 aliphatic carbocycles. The van der Waals surface area contributed by atoms with Crippen LogP contribution in [0.25, 0.3) is 0 Å². The average molecular weight is 282 g/mol. The summed E-state index contributed by atoms with van der Waals surface area (Å²) in [6.07, 6.45) is 3.24. The zero-order chi connectivity index (χ0) is 14.1. The summed E-state index contributed by atoms with van der Waals surface area (Å²) in [6.45, 7) is -0.0874. The van der Waals surface area contributed by atoms with E-state index in [-0.39, 0.29) is 18.6 Å². The lowest BCUT2D eigenvalue weighted by atomic mass is 10.1. The second kappa shape index (κ2) is 8.96. The molecule has 1 aromatic carbocycles. The zero-order valence-electron chi connectivity index (χ0n) is 11.2. The van der Waals surface area contributed by atoms with Gasteiger partial charge in [-0.15, -0.1) is 0 Å². The maximum Gasteiger partial charge on any atom is 0.237 e. The first kappa shape index (κ1) is 16.0. The van der Waals surface area contributed by atoms with Crippen LogP contribution in [0.3, 0.4) is 0 Å². The van der Waals surface area contributed by atoms with Gasteiger partial charge in [0.15, 0.2) is 0 Å². The van der Waals surface area contributed by atoms with E-state index >= 15 is 0 Å². The highest BCUT2D eigenvalue weighted by molar-refractivity contribution is 7.98. The molecule has 0 spiro atoms. The second-order valence-corrected chi connectivity index (χ2v) is 5.45. The van der Waals surface area contributed by atoms with Gasteiger partial charge in [-0.3, -0.25) is 4.79 Å². The third-order valence-corrected chi connectivity index (χ3v) is 3.51. The summed E-state index contributed by atoms with van der Waals surface area (Å²) in [5, 5.41) is 12.1. The molecule has 4 N–H and O–H groups in total. The summed E-state index contributed by atoms with van der Waals surface area (Å²) >= 11 is 1.67. The maximum absolute atomic E-state index is 11.9. The summed E-state index contributed by atoms with van der Waals surface area (Å²) < 4.78 is 0. The molecule has 1 aromatic rings. The number of aliphatic hydroxyl groups excluding tert-OH is 1. The number of nitrogens with one attached hydrogen (secondary N) is 1. The monoisotopic (exact) mass is 282 g/mol. The first-order chi connectivity index (χ1) is 9.17. The van der Waals surface area contributed by atoms with E-state index in [0.29, 0.717) is 12.8 Å². The molecule has 1 unspecified atom stereocenters. The number of carbonyl (C=O) groups excluding carboxylic acids is 1. The van der Waals surface area contributed by atoms with Crippen molar-refractivity contribution >= 4 is 17.7 Å². The Balaban J connectivity index is 2.45. The van der Waals surface area contributed by atoms with Crippen LogP contribution in [-0.2, 0) is 11.2 Å². The molecule has 1 rings (SSSR count). The van der Waals surface area contributed by atoms with Gasteiger partial charge < -0.3 is 16.2 Å². The average Bonchev–Trinajstić information content (AvgIpc) is 2.44. The number of thioether (sulfide) groups is 1. The van der Waals surface area contributed by atoms with E-state index in [9.17, 15) is 9.90 Å². The van der Waals surface area contributed by atoms with Crippen LogP contribution in [0, 0.1) is 0 Å². The minimum atomic E-state index is -0.503. The van der Waals surface area contributed by atoms with Gasteiger partial charge in [-0.05, 0) is 30.4 Å². The number of carbonyl (C=O) groups is 1. The molecule has 0 saturated heterocycles. The Labute approximate surface area is 118 Å². The van der Waals surface area contributed by atoms with Gasteiger partial charge in [-0.1, -0.05) is 30.3 Å². The summed E-state index contributed by atoms with van der Waals surface area (Å²) in [4.78, 5) is 11.9. The number of nitrogens with two attached hydrogens (primary N) is 1. The highest BCUT2D eigenvalue weighted by atomic mass is 32.2. The van der Waals surface area contributed by atoms with E-state index in [1.807, 2.05) is 36.6 Å². The molecule has 5 heteroatoms. The Morgan fingerprint density at radius 3 is 2.68 bits per heavy atom. The largest absolute Gasteiger partial charge is 0.394 e. The summed E-state index contributed by atoms with van der Waals surface area (Å²) in [5.74, 6) is 0.667. The highest BCUT2D eigenvalue weighted by Crippen LogP contribution is 2.04. The van der Waals surface area contributed by atoms with Gasteiger partial charge in [-0.2, -0.15) is 11.8 Å². The van der Waals surface area contributed by atoms with Crippen LogP contribution in [-0.4, -0.2) is 41.7 Å². The number of hydrogen-bond acceptors (Lipinski definition) is 4. The van der Waals surface area contributed by atoms with Crippen molar-refractivity contribution in [3.8, 4) is 0 Å². The van der Waals surface area contributed by atoms with E-state index in [1.54, 1.807) is 11.8 Å². The van der Waals surface area contributed by atoms with Gasteiger partial charge in [0, 0.05) is 0 Å². The molecule has 0 radical (unpaired) electrons. The first-order valence-corrected chi connectivity index (χ1v) is 7.76. The molecule has 2 atom stereocenters. The Morgan fingerprint density at radius 2 is 2.11 bits per heavy atom. The SMILES string of the molecule is CSCC[C@@H](N)C(=O)NC(CO)Cc1ccccc1. The third kappa shape index (κ3) is 6.09. The lowest BCUT2D eigenvalue weighted by Gasteiger charge is -2.19. The third-order valence-electron chi connectivity index (χ3n) is 2.86. The lowest BCUT2D eigenvalue weighted by molar-refractivity contribution is -0.123. The molecule has 106 valence electrons. The minimum Gasteiger partial charge on any atom is -0.394 e. The zero-order valence-corrected chi connectivity index (χ0v) is 12.0. The second-order valence-electron chi connectivity index (χ2n) is 4.47. The van der Waals surface area contributed by atoms with Crippen molar-refractivity contribution in [2.75, 3.05) is 18.6 Å². The molecule has 0 saturated carbocycles. The van der Waals surface area contributed by atoms with Crippen molar-refractivity contribution < 1.29 is 9.90 Å². The van der Waals surface area contributed by atoms with Crippen LogP contribution in [0.5, 0.6) is 0 Å². The Bertz CT molecular complexity index is 373. The molecule has 0 aliphatic rings. The Morgan fingerprint density at radius 1 is 1.42 bits per heavy atom. The number of amides is 1. The van der Waals surface area contributed by atoms with E-state index in [1.165, 1.54) is 0 Å². The van der Waals surface area contributed by atoms with Crippen LogP contribution >= 0.6 is 11.8 Å². The molecule has 19 heavy (non-hydrogen) atoms. The smallest absolute Gasteiger partial charge is 0.237 e. The molecule has 4 nitrogen and oxygen atoms in total. The summed E-state index contributed by atoms with van der Waals surface area (Å²) in [5.41, 5.74) is 6.88. The normalized spacial score (nSPS) is 13.8. The Hall–Kier alpha value is -1.04. The van der Waals surface area contributed by atoms with Crippen LogP contribution in [0.1, 0.15) is 12.0 Å². The van der Waals surface area contributed by atoms with Gasteiger partial charge in [0.1, 0.15) is 0 Å². The van der Waals surface area contributed by atoms with Crippen molar-refractivity contribution in [1.82, 2.24) is 5.32 Å². The molecule has 0 aliphatic heterocycles. The fraction of sp³-hybridized carbons (Fsp3) is 0.500. The van der Waals surface area contributed by atoms with Crippen molar-refractivity contribution in [3.05, 3.63) is 35.9 Å². The first-order valence-electron chi connectivity index (χ1n) is 6.37. The van der Waals surface area contributed by atoms with E-state index < -0.39 is 6.04 Å². The Kier molecular flexibility index (Phi) is 7.55. The van der Waals surface area contributed by atoms with Crippen LogP contribution in [0.4, 0.5) is 0 Å². The highest BCUT2D eigenvalue weighted by Gasteiger charge is 2.17. The lowest BCUT2D eigenvalue weighted by Crippen LogP contribution is -2.47. The van der Waals surface area contributed by atoms with Crippen molar-refractivity contribution in [3.63, 3.8) is 0 Å². The summed E-state index contributed by atoms with van der Waals surface area (Å²) in [7, 11) is 0. The molecule has 0 fully saturated rings. The molecule has 0 heterocycles. The predicted octanol–water partition coefficient (Wildman–Crippen LogP) is 0.787. The van der Waals surface area contributed by atoms with Gasteiger partial charge in [0.25, 0.3) is 0 Å². The maximum atomic E-state index is 11.9. The topological polar surface area (TPSA) is 75.4 Å². The van der Waals surface area contributed by atoms with Crippen molar-refractivity contribution in [1.29, 1.82) is 0 Å². The molecular weight excluding hydrogens is 260 g/mol. The van der Waals surface area contributed by atoms with Gasteiger partial charge >= 0.3 is 0 Å². The number of hydrogen-bond donors (Lipinski definition) is 3. The van der Waals surface area contributed by atoms with Crippen LogP contribution < -0.4 is 11.1 Å². The fourth-order valence-electron chi connectivity index (χ4n) is 1.74. The van der Waals surface area contributed by atoms with Crippen molar-refractivity contribution in [2.24, 2.45) is 5.73 Å². The molecular formula is C14H22N2O2S. The van der Waals surface area contributed by atoms with Gasteiger partial charge in [0.05, 0.1) is 18.7 Å². The number of rotatable bonds is 8. The number of benzene rings is 1. The predicted molar refractivity (Wildman–Crippen MR) is 80.1 cm³/mol. The van der Waals surface area contributed by atoms with Gasteiger partial charge in [0.2, 0.25) is 5.91 Å². The number of aliphatic hydroxyl groups is 1. The van der Waals surface area contributed by atoms with E-state index in [0.717, 1.165) is 11.3 Å². The fourth-order valence-corrected chi connectivity index (χ4v) is 2.23.